The van der Waals surface area contributed by atoms with Crippen LogP contribution in [-0.4, -0.2) is 39.5 Å². The van der Waals surface area contributed by atoms with E-state index in [9.17, 15) is 4.79 Å². The number of carbonyl (C=O) groups excluding carboxylic acids is 1. The van der Waals surface area contributed by atoms with E-state index in [-0.39, 0.29) is 0 Å². The molecule has 36 heavy (non-hydrogen) atoms. The highest BCUT2D eigenvalue weighted by Crippen LogP contribution is 2.21. The van der Waals surface area contributed by atoms with Gasteiger partial charge < -0.3 is 13.3 Å². The van der Waals surface area contributed by atoms with Crippen LogP contribution in [0.2, 0.25) is 6.04 Å². The van der Waals surface area contributed by atoms with Gasteiger partial charge in [-0.05, 0) is 40.0 Å². The fraction of sp³-hybridized carbons (Fsp3) is 0.967. The van der Waals surface area contributed by atoms with Gasteiger partial charge in [-0.3, -0.25) is 4.79 Å². The molecule has 0 heterocycles. The average molecular weight is 547 g/mol. The van der Waals surface area contributed by atoms with Crippen LogP contribution < -0.4 is 0 Å². The Morgan fingerprint density at radius 1 is 0.528 bits per heavy atom. The third-order valence-electron chi connectivity index (χ3n) is 6.72. The molecule has 6 heteroatoms. The fourth-order valence-corrected chi connectivity index (χ4v) is 8.25. The molecule has 0 spiro atoms. The summed E-state index contributed by atoms with van der Waals surface area (Å²) in [4.78, 5) is 12.2. The van der Waals surface area contributed by atoms with Crippen molar-refractivity contribution in [2.75, 3.05) is 25.6 Å². The molecule has 0 atom stereocenters. The highest BCUT2D eigenvalue weighted by molar-refractivity contribution is 8.13. The summed E-state index contributed by atoms with van der Waals surface area (Å²) in [7, 11) is -2.52. The zero-order valence-electron chi connectivity index (χ0n) is 24.7. The van der Waals surface area contributed by atoms with Gasteiger partial charge in [-0.25, -0.2) is 0 Å². The van der Waals surface area contributed by atoms with Crippen LogP contribution in [-0.2, 0) is 18.1 Å². The maximum absolute atomic E-state index is 12.2. The van der Waals surface area contributed by atoms with Gasteiger partial charge in [0, 0.05) is 38.0 Å². The predicted octanol–water partition coefficient (Wildman–Crippen LogP) is 10.1. The van der Waals surface area contributed by atoms with Crippen molar-refractivity contribution >= 4 is 25.7 Å². The Morgan fingerprint density at radius 2 is 0.917 bits per heavy atom. The van der Waals surface area contributed by atoms with E-state index in [1.807, 2.05) is 20.8 Å². The first-order chi connectivity index (χ1) is 17.6. The molecule has 0 aromatic rings. The molecule has 0 unspecified atom stereocenters. The molecule has 0 rings (SSSR count). The molecule has 0 aliphatic rings. The van der Waals surface area contributed by atoms with Gasteiger partial charge in [-0.1, -0.05) is 121 Å². The van der Waals surface area contributed by atoms with Crippen LogP contribution in [0.3, 0.4) is 0 Å². The maximum Gasteiger partial charge on any atom is 0.500 e. The molecule has 0 aromatic heterocycles. The van der Waals surface area contributed by atoms with Crippen molar-refractivity contribution in [3.8, 4) is 0 Å². The molecular weight excluding hydrogens is 484 g/mol. The third kappa shape index (κ3) is 23.2. The second kappa shape index (κ2) is 28.1. The topological polar surface area (TPSA) is 44.8 Å². The number of rotatable bonds is 29. The van der Waals surface area contributed by atoms with Gasteiger partial charge in [0.2, 0.25) is 0 Å². The van der Waals surface area contributed by atoms with Crippen molar-refractivity contribution in [3.05, 3.63) is 0 Å². The van der Waals surface area contributed by atoms with Gasteiger partial charge >= 0.3 is 8.80 Å². The van der Waals surface area contributed by atoms with Gasteiger partial charge in [0.25, 0.3) is 0 Å². The smallest absolute Gasteiger partial charge is 0.374 e. The summed E-state index contributed by atoms with van der Waals surface area (Å²) in [6, 6.07) is 0.844. The van der Waals surface area contributed by atoms with Crippen molar-refractivity contribution in [2.24, 2.45) is 0 Å². The van der Waals surface area contributed by atoms with E-state index in [1.165, 1.54) is 114 Å². The lowest BCUT2D eigenvalue weighted by atomic mass is 10.0. The average Bonchev–Trinajstić information content (AvgIpc) is 2.86. The number of unbranched alkanes of at least 4 members (excludes halogenated alkanes) is 17. The van der Waals surface area contributed by atoms with Crippen LogP contribution >= 0.6 is 11.8 Å². The molecule has 0 fully saturated rings. The second-order valence-corrected chi connectivity index (χ2v) is 14.0. The predicted molar refractivity (Wildman–Crippen MR) is 161 cm³/mol. The van der Waals surface area contributed by atoms with E-state index in [4.69, 9.17) is 13.3 Å². The zero-order chi connectivity index (χ0) is 26.6. The summed E-state index contributed by atoms with van der Waals surface area (Å²) in [5.41, 5.74) is 0. The van der Waals surface area contributed by atoms with Crippen molar-refractivity contribution in [1.29, 1.82) is 0 Å². The van der Waals surface area contributed by atoms with E-state index in [0.717, 1.165) is 37.5 Å². The Balaban J connectivity index is 3.47. The van der Waals surface area contributed by atoms with Crippen LogP contribution in [0.4, 0.5) is 0 Å². The molecule has 0 aromatic carbocycles. The largest absolute Gasteiger partial charge is 0.500 e. The first-order valence-electron chi connectivity index (χ1n) is 15.7. The molecule has 0 aliphatic carbocycles. The lowest BCUT2D eigenvalue weighted by Crippen LogP contribution is -2.45. The van der Waals surface area contributed by atoms with E-state index in [0.29, 0.717) is 24.9 Å². The van der Waals surface area contributed by atoms with Crippen LogP contribution in [0.15, 0.2) is 0 Å². The van der Waals surface area contributed by atoms with E-state index >= 15 is 0 Å². The Labute approximate surface area is 231 Å². The van der Waals surface area contributed by atoms with E-state index in [1.54, 1.807) is 0 Å². The first-order valence-corrected chi connectivity index (χ1v) is 18.6. The number of thioether (sulfide) groups is 1. The number of carbonyl (C=O) groups is 1. The SMILES string of the molecule is CCCCCCCCCCCCCCCCCCCC(=O)SCCCC[Si](OCC)(OCC)OCC. The summed E-state index contributed by atoms with van der Waals surface area (Å²) in [6.45, 7) is 10.1. The molecule has 4 nitrogen and oxygen atoms in total. The van der Waals surface area contributed by atoms with Crippen LogP contribution in [0.5, 0.6) is 0 Å². The lowest BCUT2D eigenvalue weighted by Gasteiger charge is -2.28. The molecule has 0 radical (unpaired) electrons. The Hall–Kier alpha value is 0.117. The molecule has 216 valence electrons. The van der Waals surface area contributed by atoms with Crippen LogP contribution in [0.25, 0.3) is 0 Å². The second-order valence-electron chi connectivity index (χ2n) is 10.1. The minimum absolute atomic E-state index is 0.360. The third-order valence-corrected chi connectivity index (χ3v) is 10.9. The van der Waals surface area contributed by atoms with Gasteiger partial charge in [-0.15, -0.1) is 0 Å². The van der Waals surface area contributed by atoms with Gasteiger partial charge in [0.1, 0.15) is 0 Å². The summed E-state index contributed by atoms with van der Waals surface area (Å²) in [5, 5.41) is 0.360. The van der Waals surface area contributed by atoms with Crippen molar-refractivity contribution < 1.29 is 18.1 Å². The molecule has 0 aliphatic heterocycles. The number of hydrogen-bond donors (Lipinski definition) is 0. The quantitative estimate of drug-likeness (QED) is 0.0689. The molecule has 0 amide bonds. The minimum atomic E-state index is -2.52. The molecule has 0 saturated heterocycles. The zero-order valence-corrected chi connectivity index (χ0v) is 26.5. The monoisotopic (exact) mass is 546 g/mol. The van der Waals surface area contributed by atoms with Gasteiger partial charge in [0.05, 0.1) is 0 Å². The van der Waals surface area contributed by atoms with Crippen molar-refractivity contribution in [1.82, 2.24) is 0 Å². The van der Waals surface area contributed by atoms with Crippen molar-refractivity contribution in [3.63, 3.8) is 0 Å². The van der Waals surface area contributed by atoms with Crippen molar-refractivity contribution in [2.45, 2.75) is 162 Å². The standard InChI is InChI=1S/C30H62O4SSi/c1-5-9-10-11-12-13-14-15-16-17-18-19-20-21-22-23-24-27-30(31)35-28-25-26-29-36(32-6-2,33-7-3)34-8-4/h5-29H2,1-4H3. The highest BCUT2D eigenvalue weighted by Gasteiger charge is 2.39. The first kappa shape index (κ1) is 36.1. The van der Waals surface area contributed by atoms with Crippen LogP contribution in [0.1, 0.15) is 156 Å². The fourth-order valence-electron chi connectivity index (χ4n) is 4.70. The Kier molecular flexibility index (Phi) is 28.2. The Morgan fingerprint density at radius 3 is 1.31 bits per heavy atom. The highest BCUT2D eigenvalue weighted by atomic mass is 32.2. The Bertz CT molecular complexity index is 447. The number of hydrogen-bond acceptors (Lipinski definition) is 5. The minimum Gasteiger partial charge on any atom is -0.374 e. The molecular formula is C30H62O4SSi. The maximum atomic E-state index is 12.2. The summed E-state index contributed by atoms with van der Waals surface area (Å²) in [5.74, 6) is 0.895. The summed E-state index contributed by atoms with van der Waals surface area (Å²) >= 11 is 1.51. The summed E-state index contributed by atoms with van der Waals surface area (Å²) < 4.78 is 17.7. The normalized spacial score (nSPS) is 11.9. The molecule has 0 N–H and O–H groups in total. The molecule has 0 saturated carbocycles. The lowest BCUT2D eigenvalue weighted by molar-refractivity contribution is -0.111. The van der Waals surface area contributed by atoms with E-state index in [2.05, 4.69) is 6.92 Å². The van der Waals surface area contributed by atoms with Gasteiger partial charge in [-0.2, -0.15) is 0 Å². The van der Waals surface area contributed by atoms with Gasteiger partial charge in [0.15, 0.2) is 5.12 Å². The summed E-state index contributed by atoms with van der Waals surface area (Å²) in [6.07, 6.45) is 26.1. The van der Waals surface area contributed by atoms with Crippen LogP contribution in [0, 0.1) is 0 Å². The molecule has 0 bridgehead atoms. The van der Waals surface area contributed by atoms with E-state index < -0.39 is 8.80 Å².